The van der Waals surface area contributed by atoms with Crippen molar-refractivity contribution >= 4 is 17.8 Å². The summed E-state index contributed by atoms with van der Waals surface area (Å²) in [6, 6.07) is 0. The number of hydrogen-bond acceptors (Lipinski definition) is 9. The van der Waals surface area contributed by atoms with E-state index in [-0.39, 0.29) is 24.6 Å². The van der Waals surface area contributed by atoms with E-state index in [0.29, 0.717) is 0 Å². The molecule has 0 atom stereocenters. The smallest absolute Gasteiger partial charge is 0.284 e. The molecule has 0 saturated heterocycles. The van der Waals surface area contributed by atoms with Crippen LogP contribution in [0.5, 0.6) is 0 Å². The molecule has 1 aromatic heterocycles. The fraction of sp³-hybridized carbons (Fsp3) is 0.500. The molecular weight excluding hydrogens is 204 g/mol. The van der Waals surface area contributed by atoms with Crippen molar-refractivity contribution < 1.29 is 14.8 Å². The van der Waals surface area contributed by atoms with Gasteiger partial charge in [0.25, 0.3) is 5.95 Å². The van der Waals surface area contributed by atoms with Crippen LogP contribution in [0.3, 0.4) is 0 Å². The van der Waals surface area contributed by atoms with E-state index in [1.807, 2.05) is 0 Å². The second kappa shape index (κ2) is 5.24. The van der Waals surface area contributed by atoms with E-state index >= 15 is 0 Å². The summed E-state index contributed by atoms with van der Waals surface area (Å²) in [5.74, 6) is 0.178. The van der Waals surface area contributed by atoms with E-state index in [1.165, 1.54) is 14.2 Å². The van der Waals surface area contributed by atoms with Crippen LogP contribution < -0.4 is 16.3 Å². The number of aliphatic hydroxyl groups excluding tert-OH is 1. The average molecular weight is 216 g/mol. The van der Waals surface area contributed by atoms with E-state index in [9.17, 15) is 0 Å². The van der Waals surface area contributed by atoms with Crippen LogP contribution in [0.25, 0.3) is 0 Å². The van der Waals surface area contributed by atoms with E-state index in [1.54, 1.807) is 0 Å². The molecule has 1 aromatic rings. The summed E-state index contributed by atoms with van der Waals surface area (Å²) in [5.41, 5.74) is 5.42. The highest BCUT2D eigenvalue weighted by molar-refractivity contribution is 5.38. The van der Waals surface area contributed by atoms with Crippen molar-refractivity contribution in [3.8, 4) is 0 Å². The van der Waals surface area contributed by atoms with Crippen LogP contribution >= 0.6 is 0 Å². The van der Waals surface area contributed by atoms with Gasteiger partial charge < -0.3 is 16.2 Å². The lowest BCUT2D eigenvalue weighted by molar-refractivity contribution is -0.0471. The summed E-state index contributed by atoms with van der Waals surface area (Å²) in [4.78, 5) is 20.9. The normalized spacial score (nSPS) is 10.1. The summed E-state index contributed by atoms with van der Waals surface area (Å²) < 4.78 is 0. The zero-order valence-electron chi connectivity index (χ0n) is 8.34. The summed E-state index contributed by atoms with van der Waals surface area (Å²) in [6.07, 6.45) is 0. The van der Waals surface area contributed by atoms with Gasteiger partial charge in [-0.25, -0.2) is 9.68 Å². The summed E-state index contributed by atoms with van der Waals surface area (Å²) in [5, 5.41) is 12.0. The Morgan fingerprint density at radius 1 is 1.33 bits per heavy atom. The van der Waals surface area contributed by atoms with Crippen LogP contribution in [0.2, 0.25) is 0 Å². The lowest BCUT2D eigenvalue weighted by atomic mass is 10.8. The predicted octanol–water partition coefficient (Wildman–Crippen LogP) is -1.26. The Bertz CT molecular complexity index is 318. The van der Waals surface area contributed by atoms with Crippen LogP contribution in [0, 0.1) is 0 Å². The zero-order chi connectivity index (χ0) is 11.3. The molecule has 0 aliphatic heterocycles. The lowest BCUT2D eigenvalue weighted by Gasteiger charge is -2.15. The molecule has 1 rings (SSSR count). The average Bonchev–Trinajstić information content (AvgIpc) is 2.19. The number of anilines is 3. The lowest BCUT2D eigenvalue weighted by Crippen LogP contribution is -2.23. The van der Waals surface area contributed by atoms with Gasteiger partial charge in [0.05, 0.1) is 14.2 Å². The first-order valence-corrected chi connectivity index (χ1v) is 3.96. The van der Waals surface area contributed by atoms with E-state index in [2.05, 4.69) is 20.3 Å². The van der Waals surface area contributed by atoms with Gasteiger partial charge >= 0.3 is 0 Å². The Morgan fingerprint density at radius 3 is 2.53 bits per heavy atom. The molecule has 0 spiro atoms. The van der Waals surface area contributed by atoms with Crippen LogP contribution in [0.4, 0.5) is 17.8 Å². The molecule has 84 valence electrons. The summed E-state index contributed by atoms with van der Waals surface area (Å²) in [7, 11) is 2.76. The Morgan fingerprint density at radius 2 is 2.00 bits per heavy atom. The molecule has 0 aromatic carbocycles. The van der Waals surface area contributed by atoms with Gasteiger partial charge in [-0.3, -0.25) is 0 Å². The van der Waals surface area contributed by atoms with Crippen LogP contribution in [-0.2, 0) is 9.68 Å². The van der Waals surface area contributed by atoms with Crippen molar-refractivity contribution in [3.05, 3.63) is 0 Å². The number of nitrogen functional groups attached to an aromatic ring is 1. The SMILES string of the molecule is CON(OC)c1nc(N)nc(NCO)n1. The Hall–Kier alpha value is -1.71. The van der Waals surface area contributed by atoms with Crippen LogP contribution in [-0.4, -0.2) is 41.0 Å². The minimum atomic E-state index is -0.317. The third-order valence-corrected chi connectivity index (χ3v) is 1.37. The minimum Gasteiger partial charge on any atom is -0.376 e. The Labute approximate surface area is 85.8 Å². The maximum absolute atomic E-state index is 8.63. The molecule has 0 bridgehead atoms. The zero-order valence-corrected chi connectivity index (χ0v) is 8.34. The van der Waals surface area contributed by atoms with Gasteiger partial charge in [-0.1, -0.05) is 5.23 Å². The molecule has 0 amide bonds. The maximum atomic E-state index is 8.63. The minimum absolute atomic E-state index is 0.0185. The van der Waals surface area contributed by atoms with E-state index < -0.39 is 0 Å². The van der Waals surface area contributed by atoms with Gasteiger partial charge in [0.1, 0.15) is 6.73 Å². The number of nitrogens with two attached hydrogens (primary N) is 1. The topological polar surface area (TPSA) is 119 Å². The van der Waals surface area contributed by atoms with E-state index in [4.69, 9.17) is 20.5 Å². The predicted molar refractivity (Wildman–Crippen MR) is 51.4 cm³/mol. The van der Waals surface area contributed by atoms with Crippen molar-refractivity contribution in [1.82, 2.24) is 15.0 Å². The standard InChI is InChI=1S/C6H12N6O3/c1-14-12(15-2)6-10-4(7)9-5(11-6)8-3-13/h13H,3H2,1-2H3,(H3,7,8,9,10,11). The number of nitrogens with zero attached hydrogens (tertiary/aromatic N) is 4. The fourth-order valence-corrected chi connectivity index (χ4v) is 0.850. The van der Waals surface area contributed by atoms with Crippen LogP contribution in [0.15, 0.2) is 0 Å². The molecule has 0 aliphatic rings. The second-order valence-electron chi connectivity index (χ2n) is 2.27. The molecule has 0 saturated carbocycles. The van der Waals surface area contributed by atoms with Crippen molar-refractivity contribution in [2.45, 2.75) is 0 Å². The van der Waals surface area contributed by atoms with Crippen molar-refractivity contribution in [3.63, 3.8) is 0 Å². The van der Waals surface area contributed by atoms with E-state index in [0.717, 1.165) is 5.23 Å². The highest BCUT2D eigenvalue weighted by Gasteiger charge is 2.11. The number of aromatic nitrogens is 3. The Kier molecular flexibility index (Phi) is 3.97. The first-order chi connectivity index (χ1) is 7.21. The molecular formula is C6H12N6O3. The first-order valence-electron chi connectivity index (χ1n) is 3.96. The molecule has 4 N–H and O–H groups in total. The largest absolute Gasteiger partial charge is 0.376 e. The molecule has 9 heteroatoms. The van der Waals surface area contributed by atoms with Gasteiger partial charge in [0.15, 0.2) is 0 Å². The third kappa shape index (κ3) is 2.87. The highest BCUT2D eigenvalue weighted by atomic mass is 16.9. The van der Waals surface area contributed by atoms with Gasteiger partial charge in [0.2, 0.25) is 11.9 Å². The highest BCUT2D eigenvalue weighted by Crippen LogP contribution is 2.11. The third-order valence-electron chi connectivity index (χ3n) is 1.37. The molecule has 0 aliphatic carbocycles. The van der Waals surface area contributed by atoms with Crippen molar-refractivity contribution in [2.24, 2.45) is 0 Å². The van der Waals surface area contributed by atoms with Crippen molar-refractivity contribution in [1.29, 1.82) is 0 Å². The van der Waals surface area contributed by atoms with Crippen molar-refractivity contribution in [2.75, 3.05) is 37.2 Å². The maximum Gasteiger partial charge on any atom is 0.284 e. The summed E-state index contributed by atoms with van der Waals surface area (Å²) >= 11 is 0. The molecule has 1 heterocycles. The second-order valence-corrected chi connectivity index (χ2v) is 2.27. The molecule has 15 heavy (non-hydrogen) atoms. The summed E-state index contributed by atoms with van der Waals surface area (Å²) in [6.45, 7) is -0.317. The molecule has 0 unspecified atom stereocenters. The van der Waals surface area contributed by atoms with Gasteiger partial charge in [-0.2, -0.15) is 15.0 Å². The number of nitrogens with one attached hydrogen (secondary N) is 1. The number of aliphatic hydroxyl groups is 1. The Balaban J connectivity index is 2.96. The van der Waals surface area contributed by atoms with Gasteiger partial charge in [-0.15, -0.1) is 0 Å². The molecule has 0 fully saturated rings. The number of hydrogen-bond donors (Lipinski definition) is 3. The monoisotopic (exact) mass is 216 g/mol. The van der Waals surface area contributed by atoms with Crippen LogP contribution in [0.1, 0.15) is 0 Å². The molecule has 9 nitrogen and oxygen atoms in total. The molecule has 0 radical (unpaired) electrons. The first kappa shape index (κ1) is 11.4. The number of rotatable bonds is 5. The fourth-order valence-electron chi connectivity index (χ4n) is 0.850. The quantitative estimate of drug-likeness (QED) is 0.409. The van der Waals surface area contributed by atoms with Gasteiger partial charge in [0, 0.05) is 0 Å². The van der Waals surface area contributed by atoms with Gasteiger partial charge in [-0.05, 0) is 0 Å².